The minimum absolute atomic E-state index is 0.00607. The standard InChI is InChI=1S/C20H22N2O3/c1-20(2,3)17(23)16-15-14(18(24)21(4)19(15)25)13-10-9-11-7-5-6-8-12(11)22(13)16/h5-10,13-16H,1-4H3/t13-,14-,15-,16+/m0/s1. The number of hydrogen-bond donors (Lipinski definition) is 0. The zero-order valence-corrected chi connectivity index (χ0v) is 14.9. The number of anilines is 1. The van der Waals surface area contributed by atoms with Gasteiger partial charge in [0.15, 0.2) is 5.78 Å². The average molecular weight is 338 g/mol. The van der Waals surface area contributed by atoms with Crippen molar-refractivity contribution in [1.29, 1.82) is 0 Å². The highest BCUT2D eigenvalue weighted by Gasteiger charge is 2.63. The van der Waals surface area contributed by atoms with E-state index in [9.17, 15) is 14.4 Å². The zero-order valence-electron chi connectivity index (χ0n) is 14.9. The van der Waals surface area contributed by atoms with Crippen molar-refractivity contribution in [3.63, 3.8) is 0 Å². The molecule has 5 nitrogen and oxygen atoms in total. The first-order valence-electron chi connectivity index (χ1n) is 8.65. The summed E-state index contributed by atoms with van der Waals surface area (Å²) in [5.74, 6) is -1.51. The van der Waals surface area contributed by atoms with Gasteiger partial charge in [0.05, 0.1) is 17.9 Å². The van der Waals surface area contributed by atoms with Gasteiger partial charge in [-0.3, -0.25) is 19.3 Å². The number of carbonyl (C=O) groups excluding carboxylic acids is 3. The summed E-state index contributed by atoms with van der Waals surface area (Å²) >= 11 is 0. The zero-order chi connectivity index (χ0) is 18.1. The fourth-order valence-electron chi connectivity index (χ4n) is 4.41. The molecule has 0 aromatic heterocycles. The number of Topliss-reactive ketones (excluding diaryl/α,β-unsaturated/α-hetero) is 1. The molecule has 130 valence electrons. The van der Waals surface area contributed by atoms with Crippen LogP contribution in [0.1, 0.15) is 26.3 Å². The van der Waals surface area contributed by atoms with Crippen molar-refractivity contribution in [1.82, 2.24) is 4.90 Å². The van der Waals surface area contributed by atoms with Gasteiger partial charge in [-0.1, -0.05) is 51.1 Å². The van der Waals surface area contributed by atoms with Gasteiger partial charge in [0.25, 0.3) is 0 Å². The van der Waals surface area contributed by atoms with Crippen molar-refractivity contribution in [2.75, 3.05) is 11.9 Å². The second kappa shape index (κ2) is 5.04. The maximum absolute atomic E-state index is 13.3. The van der Waals surface area contributed by atoms with Gasteiger partial charge in [-0.25, -0.2) is 0 Å². The minimum Gasteiger partial charge on any atom is -0.353 e. The van der Waals surface area contributed by atoms with Crippen LogP contribution >= 0.6 is 0 Å². The second-order valence-electron chi connectivity index (χ2n) is 8.16. The average Bonchev–Trinajstić information content (AvgIpc) is 3.03. The Morgan fingerprint density at radius 1 is 1.04 bits per heavy atom. The van der Waals surface area contributed by atoms with Crippen LogP contribution in [-0.2, 0) is 14.4 Å². The molecular weight excluding hydrogens is 316 g/mol. The van der Waals surface area contributed by atoms with Gasteiger partial charge in [-0.2, -0.15) is 0 Å². The number of amides is 2. The van der Waals surface area contributed by atoms with Gasteiger partial charge in [-0.15, -0.1) is 0 Å². The summed E-state index contributed by atoms with van der Waals surface area (Å²) in [5.41, 5.74) is 1.35. The van der Waals surface area contributed by atoms with Crippen LogP contribution in [0.25, 0.3) is 6.08 Å². The molecule has 0 bridgehead atoms. The smallest absolute Gasteiger partial charge is 0.235 e. The molecule has 2 fully saturated rings. The minimum atomic E-state index is -0.609. The van der Waals surface area contributed by atoms with Crippen LogP contribution in [0.4, 0.5) is 5.69 Å². The lowest BCUT2D eigenvalue weighted by atomic mass is 9.79. The van der Waals surface area contributed by atoms with Gasteiger partial charge >= 0.3 is 0 Å². The topological polar surface area (TPSA) is 57.7 Å². The Hall–Kier alpha value is -2.43. The van der Waals surface area contributed by atoms with E-state index >= 15 is 0 Å². The summed E-state index contributed by atoms with van der Waals surface area (Å²) in [5, 5.41) is 0. The molecule has 0 N–H and O–H groups in total. The molecule has 0 saturated carbocycles. The molecule has 0 unspecified atom stereocenters. The Kier molecular flexibility index (Phi) is 3.24. The van der Waals surface area contributed by atoms with Crippen LogP contribution in [0.3, 0.4) is 0 Å². The molecule has 0 radical (unpaired) electrons. The fraction of sp³-hybridized carbons (Fsp3) is 0.450. The number of likely N-dealkylation sites (tertiary alicyclic amines) is 1. The monoisotopic (exact) mass is 338 g/mol. The molecule has 0 spiro atoms. The van der Waals surface area contributed by atoms with E-state index in [1.165, 1.54) is 11.9 Å². The molecule has 3 heterocycles. The summed E-state index contributed by atoms with van der Waals surface area (Å²) in [4.78, 5) is 42.0. The molecule has 4 rings (SSSR count). The third-order valence-electron chi connectivity index (χ3n) is 5.64. The van der Waals surface area contributed by atoms with Crippen molar-refractivity contribution in [2.45, 2.75) is 32.9 Å². The highest BCUT2D eigenvalue weighted by atomic mass is 16.2. The number of rotatable bonds is 1. The highest BCUT2D eigenvalue weighted by molar-refractivity contribution is 6.11. The molecule has 3 aliphatic heterocycles. The quantitative estimate of drug-likeness (QED) is 0.736. The van der Waals surface area contributed by atoms with Gasteiger partial charge in [0, 0.05) is 18.2 Å². The highest BCUT2D eigenvalue weighted by Crippen LogP contribution is 2.49. The van der Waals surface area contributed by atoms with Crippen molar-refractivity contribution in [2.24, 2.45) is 17.3 Å². The Balaban J connectivity index is 1.91. The van der Waals surface area contributed by atoms with Gasteiger partial charge < -0.3 is 4.90 Å². The molecule has 5 heteroatoms. The molecule has 2 saturated heterocycles. The molecule has 4 atom stereocenters. The van der Waals surface area contributed by atoms with E-state index in [-0.39, 0.29) is 23.6 Å². The van der Waals surface area contributed by atoms with E-state index in [0.717, 1.165) is 11.3 Å². The van der Waals surface area contributed by atoms with E-state index in [0.29, 0.717) is 0 Å². The maximum Gasteiger partial charge on any atom is 0.235 e. The Bertz CT molecular complexity index is 820. The number of benzene rings is 1. The Morgan fingerprint density at radius 2 is 1.68 bits per heavy atom. The third-order valence-corrected chi connectivity index (χ3v) is 5.64. The number of para-hydroxylation sites is 1. The predicted octanol–water partition coefficient (Wildman–Crippen LogP) is 2.12. The van der Waals surface area contributed by atoms with Crippen LogP contribution in [-0.4, -0.2) is 41.6 Å². The van der Waals surface area contributed by atoms with Crippen molar-refractivity contribution in [3.8, 4) is 0 Å². The first-order chi connectivity index (χ1) is 11.7. The lowest BCUT2D eigenvalue weighted by Gasteiger charge is -2.38. The van der Waals surface area contributed by atoms with Crippen LogP contribution < -0.4 is 4.90 Å². The summed E-state index contributed by atoms with van der Waals surface area (Å²) in [6.45, 7) is 5.61. The number of ketones is 1. The molecule has 2 amide bonds. The molecule has 25 heavy (non-hydrogen) atoms. The van der Waals surface area contributed by atoms with E-state index in [2.05, 4.69) is 0 Å². The van der Waals surface area contributed by atoms with E-state index in [1.807, 2.05) is 62.1 Å². The molecular formula is C20H22N2O3. The summed E-state index contributed by atoms with van der Waals surface area (Å²) in [6.07, 6.45) is 3.97. The first-order valence-corrected chi connectivity index (χ1v) is 8.65. The lowest BCUT2D eigenvalue weighted by Crippen LogP contribution is -2.51. The van der Waals surface area contributed by atoms with Crippen LogP contribution in [0, 0.1) is 17.3 Å². The van der Waals surface area contributed by atoms with Crippen molar-refractivity contribution < 1.29 is 14.4 Å². The number of imide groups is 1. The second-order valence-corrected chi connectivity index (χ2v) is 8.16. The summed E-state index contributed by atoms with van der Waals surface area (Å²) in [6, 6.07) is 6.97. The normalized spacial score (nSPS) is 30.4. The van der Waals surface area contributed by atoms with Gasteiger partial charge in [0.2, 0.25) is 11.8 Å². The number of nitrogens with zero attached hydrogens (tertiary/aromatic N) is 2. The van der Waals surface area contributed by atoms with Gasteiger partial charge in [-0.05, 0) is 11.6 Å². The first kappa shape index (κ1) is 16.1. The van der Waals surface area contributed by atoms with E-state index in [4.69, 9.17) is 0 Å². The fourth-order valence-corrected chi connectivity index (χ4v) is 4.41. The van der Waals surface area contributed by atoms with Crippen molar-refractivity contribution in [3.05, 3.63) is 35.9 Å². The molecule has 1 aromatic carbocycles. The molecule has 0 aliphatic carbocycles. The molecule has 1 aromatic rings. The maximum atomic E-state index is 13.3. The van der Waals surface area contributed by atoms with E-state index in [1.54, 1.807) is 0 Å². The van der Waals surface area contributed by atoms with Crippen LogP contribution in [0.2, 0.25) is 0 Å². The van der Waals surface area contributed by atoms with Crippen molar-refractivity contribution >= 4 is 29.4 Å². The predicted molar refractivity (Wildman–Crippen MR) is 94.8 cm³/mol. The summed E-state index contributed by atoms with van der Waals surface area (Å²) < 4.78 is 0. The Labute approximate surface area is 147 Å². The van der Waals surface area contributed by atoms with E-state index < -0.39 is 23.3 Å². The Morgan fingerprint density at radius 3 is 2.36 bits per heavy atom. The van der Waals surface area contributed by atoms with Crippen LogP contribution in [0.15, 0.2) is 30.3 Å². The number of hydrogen-bond acceptors (Lipinski definition) is 4. The summed E-state index contributed by atoms with van der Waals surface area (Å²) in [7, 11) is 1.52. The number of carbonyl (C=O) groups is 3. The largest absolute Gasteiger partial charge is 0.353 e. The van der Waals surface area contributed by atoms with Crippen LogP contribution in [0.5, 0.6) is 0 Å². The molecule has 3 aliphatic rings. The van der Waals surface area contributed by atoms with Gasteiger partial charge in [0.1, 0.15) is 6.04 Å². The SMILES string of the molecule is CN1C(=O)[C@@H]2[C@H](C1=O)[C@H](C(=O)C(C)(C)C)N1c3ccccc3C=C[C@@H]21. The number of fused-ring (bicyclic) bond motifs is 5. The third kappa shape index (κ3) is 2.04. The lowest BCUT2D eigenvalue weighted by molar-refractivity contribution is -0.140.